The van der Waals surface area contributed by atoms with Crippen molar-refractivity contribution in [1.82, 2.24) is 10.0 Å². The van der Waals surface area contributed by atoms with Gasteiger partial charge in [-0.3, -0.25) is 0 Å². The van der Waals surface area contributed by atoms with Crippen LogP contribution in [0.5, 0.6) is 0 Å². The van der Waals surface area contributed by atoms with Gasteiger partial charge in [0.2, 0.25) is 0 Å². The van der Waals surface area contributed by atoms with Crippen molar-refractivity contribution in [3.05, 3.63) is 12.3 Å². The van der Waals surface area contributed by atoms with Gasteiger partial charge in [0.05, 0.1) is 0 Å². The molecule has 1 heterocycles. The quantitative estimate of drug-likeness (QED) is 0.550. The first-order valence-electron chi connectivity index (χ1n) is 2.99. The minimum atomic E-state index is 0. The summed E-state index contributed by atoms with van der Waals surface area (Å²) in [4.78, 5) is 0. The highest BCUT2D eigenvalue weighted by Crippen LogP contribution is 2.01. The molecule has 0 aromatic rings. The molecule has 9 heavy (non-hydrogen) atoms. The standard InChI is InChI=1S/C6H12N2.ClH/c1-3-8-6-4-5-7(8)2;/h4-5H,3,6H2,1-2H3;1H. The van der Waals surface area contributed by atoms with Gasteiger partial charge in [-0.25, -0.2) is 5.01 Å². The van der Waals surface area contributed by atoms with Crippen molar-refractivity contribution >= 4 is 12.4 Å². The molecule has 2 nitrogen and oxygen atoms in total. The third-order valence-corrected chi connectivity index (χ3v) is 1.45. The van der Waals surface area contributed by atoms with Gasteiger partial charge in [-0.15, -0.1) is 12.4 Å². The largest absolute Gasteiger partial charge is 0.316 e. The maximum atomic E-state index is 2.25. The minimum absolute atomic E-state index is 0. The number of hydrazine groups is 1. The first-order valence-corrected chi connectivity index (χ1v) is 2.99. The van der Waals surface area contributed by atoms with Gasteiger partial charge in [-0.2, -0.15) is 0 Å². The topological polar surface area (TPSA) is 6.48 Å². The van der Waals surface area contributed by atoms with Gasteiger partial charge in [0.1, 0.15) is 0 Å². The number of nitrogens with zero attached hydrogens (tertiary/aromatic N) is 2. The van der Waals surface area contributed by atoms with E-state index in [2.05, 4.69) is 36.3 Å². The van der Waals surface area contributed by atoms with Crippen molar-refractivity contribution in [3.63, 3.8) is 0 Å². The molecule has 0 aliphatic carbocycles. The minimum Gasteiger partial charge on any atom is -0.316 e. The highest BCUT2D eigenvalue weighted by Gasteiger charge is 2.06. The van der Waals surface area contributed by atoms with Crippen LogP contribution in [-0.4, -0.2) is 30.2 Å². The molecule has 0 fully saturated rings. The van der Waals surface area contributed by atoms with Gasteiger partial charge in [0, 0.05) is 26.3 Å². The Kier molecular flexibility index (Phi) is 3.66. The third kappa shape index (κ3) is 1.88. The van der Waals surface area contributed by atoms with Crippen LogP contribution in [0.2, 0.25) is 0 Å². The summed E-state index contributed by atoms with van der Waals surface area (Å²) in [5, 5.41) is 4.36. The smallest absolute Gasteiger partial charge is 0.0378 e. The Hall–Kier alpha value is -0.210. The maximum absolute atomic E-state index is 2.25. The molecule has 0 atom stereocenters. The third-order valence-electron chi connectivity index (χ3n) is 1.45. The number of rotatable bonds is 1. The Balaban J connectivity index is 0.000000640. The Labute approximate surface area is 62.5 Å². The van der Waals surface area contributed by atoms with Crippen molar-refractivity contribution in [2.24, 2.45) is 0 Å². The average molecular weight is 149 g/mol. The summed E-state index contributed by atoms with van der Waals surface area (Å²) >= 11 is 0. The lowest BCUT2D eigenvalue weighted by Crippen LogP contribution is -2.31. The predicted octanol–water partition coefficient (Wildman–Crippen LogP) is 1.10. The molecule has 0 bridgehead atoms. The fraction of sp³-hybridized carbons (Fsp3) is 0.667. The van der Waals surface area contributed by atoms with Crippen LogP contribution in [0.25, 0.3) is 0 Å². The maximum Gasteiger partial charge on any atom is 0.0378 e. The molecule has 54 valence electrons. The second-order valence-corrected chi connectivity index (χ2v) is 1.96. The second kappa shape index (κ2) is 3.75. The zero-order valence-corrected chi connectivity index (χ0v) is 6.69. The van der Waals surface area contributed by atoms with Gasteiger partial charge in [-0.05, 0) is 0 Å². The lowest BCUT2D eigenvalue weighted by atomic mass is 10.6. The van der Waals surface area contributed by atoms with E-state index in [1.807, 2.05) is 0 Å². The average Bonchev–Trinajstić information content (AvgIpc) is 2.14. The molecule has 0 aromatic carbocycles. The van der Waals surface area contributed by atoms with E-state index in [1.54, 1.807) is 0 Å². The number of halogens is 1. The van der Waals surface area contributed by atoms with E-state index in [0.29, 0.717) is 0 Å². The van der Waals surface area contributed by atoms with Crippen molar-refractivity contribution in [2.45, 2.75) is 6.92 Å². The predicted molar refractivity (Wildman–Crippen MR) is 41.4 cm³/mol. The molecule has 0 saturated carbocycles. The molecule has 0 radical (unpaired) electrons. The summed E-state index contributed by atoms with van der Waals surface area (Å²) in [5.74, 6) is 0. The van der Waals surface area contributed by atoms with Crippen LogP contribution in [-0.2, 0) is 0 Å². The van der Waals surface area contributed by atoms with Gasteiger partial charge in [0.15, 0.2) is 0 Å². The molecule has 0 aromatic heterocycles. The van der Waals surface area contributed by atoms with E-state index in [4.69, 9.17) is 0 Å². The zero-order chi connectivity index (χ0) is 5.98. The molecular formula is C6H13ClN2. The van der Waals surface area contributed by atoms with Crippen LogP contribution in [0.4, 0.5) is 0 Å². The summed E-state index contributed by atoms with van der Waals surface area (Å²) in [6.45, 7) is 4.33. The van der Waals surface area contributed by atoms with Crippen molar-refractivity contribution in [3.8, 4) is 0 Å². The van der Waals surface area contributed by atoms with Gasteiger partial charge >= 0.3 is 0 Å². The van der Waals surface area contributed by atoms with Crippen LogP contribution in [0.1, 0.15) is 6.92 Å². The van der Waals surface area contributed by atoms with Crippen LogP contribution >= 0.6 is 12.4 Å². The Morgan fingerprint density at radius 2 is 2.22 bits per heavy atom. The molecule has 0 unspecified atom stereocenters. The van der Waals surface area contributed by atoms with Crippen LogP contribution < -0.4 is 0 Å². The lowest BCUT2D eigenvalue weighted by Gasteiger charge is -2.22. The first-order chi connectivity index (χ1) is 3.84. The molecule has 1 aliphatic heterocycles. The van der Waals surface area contributed by atoms with E-state index in [-0.39, 0.29) is 12.4 Å². The van der Waals surface area contributed by atoms with E-state index in [9.17, 15) is 0 Å². The Morgan fingerprint density at radius 1 is 1.56 bits per heavy atom. The van der Waals surface area contributed by atoms with Crippen LogP contribution in [0.3, 0.4) is 0 Å². The summed E-state index contributed by atoms with van der Waals surface area (Å²) in [6.07, 6.45) is 4.24. The number of hydrogen-bond acceptors (Lipinski definition) is 2. The summed E-state index contributed by atoms with van der Waals surface area (Å²) in [7, 11) is 2.06. The van der Waals surface area contributed by atoms with E-state index in [0.717, 1.165) is 13.1 Å². The molecule has 3 heteroatoms. The molecule has 0 saturated heterocycles. The molecule has 0 N–H and O–H groups in total. The number of hydrogen-bond donors (Lipinski definition) is 0. The van der Waals surface area contributed by atoms with E-state index >= 15 is 0 Å². The SMILES string of the molecule is CCN1CC=CN1C.Cl. The zero-order valence-electron chi connectivity index (χ0n) is 5.87. The van der Waals surface area contributed by atoms with Gasteiger partial charge in [-0.1, -0.05) is 13.0 Å². The highest BCUT2D eigenvalue weighted by atomic mass is 35.5. The monoisotopic (exact) mass is 148 g/mol. The first kappa shape index (κ1) is 8.79. The van der Waals surface area contributed by atoms with Crippen LogP contribution in [0, 0.1) is 0 Å². The fourth-order valence-corrected chi connectivity index (χ4v) is 0.897. The summed E-state index contributed by atoms with van der Waals surface area (Å²) < 4.78 is 0. The van der Waals surface area contributed by atoms with E-state index < -0.39 is 0 Å². The fourth-order valence-electron chi connectivity index (χ4n) is 0.897. The Bertz CT molecular complexity index is 103. The summed E-state index contributed by atoms with van der Waals surface area (Å²) in [5.41, 5.74) is 0. The number of likely N-dealkylation sites (N-methyl/N-ethyl adjacent to an activating group) is 1. The van der Waals surface area contributed by atoms with E-state index in [1.165, 1.54) is 0 Å². The molecule has 0 spiro atoms. The molecular weight excluding hydrogens is 136 g/mol. The van der Waals surface area contributed by atoms with Gasteiger partial charge < -0.3 is 5.01 Å². The van der Waals surface area contributed by atoms with Crippen molar-refractivity contribution in [1.29, 1.82) is 0 Å². The molecule has 1 aliphatic rings. The van der Waals surface area contributed by atoms with Gasteiger partial charge in [0.25, 0.3) is 0 Å². The second-order valence-electron chi connectivity index (χ2n) is 1.96. The Morgan fingerprint density at radius 3 is 2.44 bits per heavy atom. The summed E-state index contributed by atoms with van der Waals surface area (Å²) in [6, 6.07) is 0. The van der Waals surface area contributed by atoms with Crippen molar-refractivity contribution in [2.75, 3.05) is 20.1 Å². The normalized spacial score (nSPS) is 18.2. The highest BCUT2D eigenvalue weighted by molar-refractivity contribution is 5.85. The molecule has 0 amide bonds. The van der Waals surface area contributed by atoms with Crippen molar-refractivity contribution < 1.29 is 0 Å². The lowest BCUT2D eigenvalue weighted by molar-refractivity contribution is 0.0877. The van der Waals surface area contributed by atoms with Crippen LogP contribution in [0.15, 0.2) is 12.3 Å². The molecule has 1 rings (SSSR count).